The Balaban J connectivity index is 0. The molecule has 0 radical (unpaired) electrons. The summed E-state index contributed by atoms with van der Waals surface area (Å²) in [6, 6.07) is 0. The molecule has 13 heavy (non-hydrogen) atoms. The van der Waals surface area contributed by atoms with E-state index in [2.05, 4.69) is 0 Å². The normalized spacial score (nSPS) is 0. The van der Waals surface area contributed by atoms with Gasteiger partial charge in [-0.25, -0.2) is 0 Å². The molecule has 0 heterocycles. The van der Waals surface area contributed by atoms with Gasteiger partial charge in [-0.3, -0.25) is 0 Å². The Morgan fingerprint density at radius 1 is 0.154 bits per heavy atom. The maximum absolute atomic E-state index is 0. The summed E-state index contributed by atoms with van der Waals surface area (Å²) in [5, 5.41) is 0. The molecule has 0 fully saturated rings. The fraction of sp³-hybridized carbons (Fsp3) is 0. The zero-order chi connectivity index (χ0) is 0. The molecule has 13 heteroatoms. The molecule has 0 aromatic heterocycles. The van der Waals surface area contributed by atoms with Crippen LogP contribution in [0.5, 0.6) is 0 Å². The topological polar surface area (TPSA) is 220 Å². The van der Waals surface area contributed by atoms with Gasteiger partial charge in [0.05, 0.1) is 0 Å². The van der Waals surface area contributed by atoms with E-state index in [1.807, 2.05) is 0 Å². The third-order valence-electron chi connectivity index (χ3n) is 0. The van der Waals surface area contributed by atoms with Crippen LogP contribution in [0.15, 0.2) is 0 Å². The molecule has 0 bridgehead atoms. The van der Waals surface area contributed by atoms with Gasteiger partial charge in [0.1, 0.15) is 0 Å². The van der Waals surface area contributed by atoms with Gasteiger partial charge in [0.15, 0.2) is 0 Å². The number of rotatable bonds is 0. The van der Waals surface area contributed by atoms with Crippen molar-refractivity contribution in [3.05, 3.63) is 0 Å². The largest absolute Gasteiger partial charge is 0.412 e. The molecular weight excluding hydrogens is 447 g/mol. The maximum atomic E-state index is 0. The first kappa shape index (κ1) is 433. The summed E-state index contributed by atoms with van der Waals surface area (Å²) in [5.74, 6) is 0. The van der Waals surface area contributed by atoms with E-state index in [1.165, 1.54) is 0 Å². The second kappa shape index (κ2) is 353. The predicted molar refractivity (Wildman–Crippen MR) is 25.3 cm³/mol. The average Bonchev–Trinajstić information content (AvgIpc) is 0. The monoisotopic (exact) mass is 462 g/mol. The summed E-state index contributed by atoms with van der Waals surface area (Å²) in [7, 11) is 0. The summed E-state index contributed by atoms with van der Waals surface area (Å²) in [4.78, 5) is 0. The van der Waals surface area contributed by atoms with Crippen molar-refractivity contribution >= 4 is 0 Å². The van der Waals surface area contributed by atoms with Crippen molar-refractivity contribution in [3.63, 3.8) is 0 Å². The standard InChI is InChI=1S/6Fe.7H2O/h;;;;;;7*1H2. The number of hydrogen-bond acceptors (Lipinski definition) is 0. The zero-order valence-corrected chi connectivity index (χ0v) is 12.2. The van der Waals surface area contributed by atoms with Crippen molar-refractivity contribution in [2.75, 3.05) is 0 Å². The second-order valence-electron chi connectivity index (χ2n) is 0. The van der Waals surface area contributed by atoms with Gasteiger partial charge in [-0.1, -0.05) is 0 Å². The van der Waals surface area contributed by atoms with Crippen LogP contribution in [0.1, 0.15) is 0 Å². The van der Waals surface area contributed by atoms with Gasteiger partial charge in [-0.2, -0.15) is 0 Å². The van der Waals surface area contributed by atoms with Gasteiger partial charge in [0.25, 0.3) is 0 Å². The van der Waals surface area contributed by atoms with Crippen LogP contribution >= 0.6 is 0 Å². The van der Waals surface area contributed by atoms with Crippen molar-refractivity contribution in [2.24, 2.45) is 0 Å². The van der Waals surface area contributed by atoms with Crippen LogP contribution in [-0.4, -0.2) is 38.3 Å². The zero-order valence-electron chi connectivity index (χ0n) is 5.62. The van der Waals surface area contributed by atoms with Crippen LogP contribution in [0.25, 0.3) is 0 Å². The van der Waals surface area contributed by atoms with E-state index in [4.69, 9.17) is 0 Å². The van der Waals surface area contributed by atoms with E-state index in [-0.39, 0.29) is 141 Å². The molecule has 0 aromatic carbocycles. The van der Waals surface area contributed by atoms with Gasteiger partial charge in [0.2, 0.25) is 0 Å². The molecule has 0 aliphatic rings. The minimum atomic E-state index is 0. The quantitative estimate of drug-likeness (QED) is 0.308. The molecule has 0 saturated heterocycles. The SMILES string of the molecule is O.O.O.O.O.O.O.[Fe].[Fe].[Fe].[Fe].[Fe].[Fe]. The summed E-state index contributed by atoms with van der Waals surface area (Å²) in [6.07, 6.45) is 0. The molecule has 0 aromatic rings. The molecule has 7 nitrogen and oxygen atoms in total. The first-order valence-electron chi connectivity index (χ1n) is 0. The molecule has 0 rings (SSSR count). The minimum absolute atomic E-state index is 0. The van der Waals surface area contributed by atoms with Crippen LogP contribution in [-0.2, 0) is 102 Å². The Morgan fingerprint density at radius 3 is 0.154 bits per heavy atom. The van der Waals surface area contributed by atoms with Gasteiger partial charge in [-0.15, -0.1) is 0 Å². The van der Waals surface area contributed by atoms with Crippen molar-refractivity contribution in [3.8, 4) is 0 Å². The Hall–Kier alpha value is 2.84. The van der Waals surface area contributed by atoms with Crippen molar-refractivity contribution in [2.45, 2.75) is 0 Å². The first-order valence-corrected chi connectivity index (χ1v) is 0. The summed E-state index contributed by atoms with van der Waals surface area (Å²) >= 11 is 0. The predicted octanol–water partition coefficient (Wildman–Crippen LogP) is -5.79. The molecule has 0 spiro atoms. The van der Waals surface area contributed by atoms with E-state index >= 15 is 0 Å². The maximum Gasteiger partial charge on any atom is 0 e. The van der Waals surface area contributed by atoms with Crippen molar-refractivity contribution in [1.82, 2.24) is 0 Å². The fourth-order valence-corrected chi connectivity index (χ4v) is 0. The summed E-state index contributed by atoms with van der Waals surface area (Å²) in [5.41, 5.74) is 0. The summed E-state index contributed by atoms with van der Waals surface area (Å²) in [6.45, 7) is 0. The fourth-order valence-electron chi connectivity index (χ4n) is 0. The average molecular weight is 461 g/mol. The van der Waals surface area contributed by atoms with Crippen molar-refractivity contribution in [1.29, 1.82) is 0 Å². The van der Waals surface area contributed by atoms with Gasteiger partial charge >= 0.3 is 0 Å². The third-order valence-corrected chi connectivity index (χ3v) is 0. The molecule has 0 aliphatic heterocycles. The van der Waals surface area contributed by atoms with Crippen LogP contribution < -0.4 is 0 Å². The van der Waals surface area contributed by atoms with Gasteiger partial charge in [-0.05, 0) is 0 Å². The molecule has 0 saturated carbocycles. The van der Waals surface area contributed by atoms with Crippen LogP contribution in [0.4, 0.5) is 0 Å². The molecule has 0 unspecified atom stereocenters. The third kappa shape index (κ3) is 304. The second-order valence-corrected chi connectivity index (χ2v) is 0. The van der Waals surface area contributed by atoms with E-state index < -0.39 is 0 Å². The number of hydrogen-bond donors (Lipinski definition) is 0. The van der Waals surface area contributed by atoms with E-state index in [1.54, 1.807) is 0 Å². The van der Waals surface area contributed by atoms with Crippen molar-refractivity contribution < 1.29 is 141 Å². The van der Waals surface area contributed by atoms with Gasteiger partial charge in [0, 0.05) is 102 Å². The van der Waals surface area contributed by atoms with Crippen LogP contribution in [0, 0.1) is 0 Å². The molecule has 0 atom stereocenters. The molecule has 0 amide bonds. The van der Waals surface area contributed by atoms with E-state index in [9.17, 15) is 0 Å². The molecular formula is H14Fe6O7. The van der Waals surface area contributed by atoms with Crippen LogP contribution in [0.3, 0.4) is 0 Å². The van der Waals surface area contributed by atoms with E-state index in [0.29, 0.717) is 0 Å². The Morgan fingerprint density at radius 2 is 0.154 bits per heavy atom. The first-order chi connectivity index (χ1) is 0. The van der Waals surface area contributed by atoms with Crippen LogP contribution in [0.2, 0.25) is 0 Å². The molecule has 0 aliphatic carbocycles. The Bertz CT molecular complexity index is 12.9. The van der Waals surface area contributed by atoms with Gasteiger partial charge < -0.3 is 38.3 Å². The summed E-state index contributed by atoms with van der Waals surface area (Å²) < 4.78 is 0. The Labute approximate surface area is 139 Å². The smallest absolute Gasteiger partial charge is 0 e. The minimum Gasteiger partial charge on any atom is -0.412 e. The molecule has 14 N–H and O–H groups in total. The molecule has 104 valence electrons. The van der Waals surface area contributed by atoms with E-state index in [0.717, 1.165) is 0 Å². The Kier molecular flexibility index (Phi) is 11800.